The van der Waals surface area contributed by atoms with Gasteiger partial charge in [-0.15, -0.1) is 0 Å². The Balaban J connectivity index is 2.27. The summed E-state index contributed by atoms with van der Waals surface area (Å²) < 4.78 is 6.39. The van der Waals surface area contributed by atoms with E-state index in [2.05, 4.69) is 9.97 Å². The summed E-state index contributed by atoms with van der Waals surface area (Å²) in [6.45, 7) is 6.20. The van der Waals surface area contributed by atoms with E-state index in [1.165, 1.54) is 10.8 Å². The van der Waals surface area contributed by atoms with Gasteiger partial charge in [0.25, 0.3) is 5.56 Å². The molecular formula is C21H23N3O4. The first-order chi connectivity index (χ1) is 13.4. The molecule has 0 amide bonds. The molecule has 0 aliphatic rings. The van der Waals surface area contributed by atoms with Gasteiger partial charge in [0.1, 0.15) is 5.75 Å². The summed E-state index contributed by atoms with van der Waals surface area (Å²) >= 11 is 0. The molecule has 0 saturated heterocycles. The Morgan fingerprint density at radius 2 is 1.96 bits per heavy atom. The number of carbonyl (C=O) groups excluding carboxylic acids is 1. The van der Waals surface area contributed by atoms with E-state index in [0.29, 0.717) is 30.4 Å². The topological polar surface area (TPSA) is 94.3 Å². The molecule has 28 heavy (non-hydrogen) atoms. The van der Waals surface area contributed by atoms with Gasteiger partial charge in [-0.3, -0.25) is 9.36 Å². The molecular weight excluding hydrogens is 358 g/mol. The summed E-state index contributed by atoms with van der Waals surface area (Å²) in [7, 11) is 0. The fourth-order valence-electron chi connectivity index (χ4n) is 2.92. The molecule has 0 atom stereocenters. The first-order valence-corrected chi connectivity index (χ1v) is 9.29. The van der Waals surface area contributed by atoms with Crippen LogP contribution >= 0.6 is 0 Å². The van der Waals surface area contributed by atoms with Crippen molar-refractivity contribution in [2.24, 2.45) is 5.92 Å². The second-order valence-corrected chi connectivity index (χ2v) is 6.88. The summed E-state index contributed by atoms with van der Waals surface area (Å²) in [6.07, 6.45) is 2.15. The van der Waals surface area contributed by atoms with Crippen LogP contribution in [0.2, 0.25) is 0 Å². The van der Waals surface area contributed by atoms with E-state index in [0.717, 1.165) is 5.56 Å². The minimum absolute atomic E-state index is 0.102. The number of esters is 1. The molecule has 3 rings (SSSR count). The smallest absolute Gasteiger partial charge is 0.347 e. The number of carbonyl (C=O) groups is 1. The third kappa shape index (κ3) is 3.74. The summed E-state index contributed by atoms with van der Waals surface area (Å²) in [5.74, 6) is -0.512. The Bertz CT molecular complexity index is 1060. The van der Waals surface area contributed by atoms with Crippen LogP contribution in [0.4, 0.5) is 0 Å². The highest BCUT2D eigenvalue weighted by molar-refractivity contribution is 5.98. The highest BCUT2D eigenvalue weighted by Gasteiger charge is 2.24. The quantitative estimate of drug-likeness (QED) is 0.658. The number of nitrogens with zero attached hydrogens (tertiary/aromatic N) is 3. The molecule has 0 aliphatic carbocycles. The number of fused-ring (bicyclic) bond motifs is 1. The second-order valence-electron chi connectivity index (χ2n) is 6.88. The monoisotopic (exact) mass is 381 g/mol. The number of aromatic nitrogens is 3. The maximum absolute atomic E-state index is 13.0. The minimum Gasteiger partial charge on any atom is -0.506 e. The van der Waals surface area contributed by atoms with Crippen LogP contribution < -0.4 is 5.56 Å². The molecule has 2 aromatic heterocycles. The third-order valence-electron chi connectivity index (χ3n) is 4.42. The van der Waals surface area contributed by atoms with Crippen molar-refractivity contribution in [2.75, 3.05) is 6.61 Å². The normalized spacial score (nSPS) is 11.1. The molecule has 0 bridgehead atoms. The van der Waals surface area contributed by atoms with E-state index < -0.39 is 17.3 Å². The summed E-state index contributed by atoms with van der Waals surface area (Å²) in [5, 5.41) is 10.8. The van der Waals surface area contributed by atoms with Gasteiger partial charge in [-0.05, 0) is 19.3 Å². The molecule has 7 nitrogen and oxygen atoms in total. The zero-order valence-electron chi connectivity index (χ0n) is 16.2. The Morgan fingerprint density at radius 1 is 1.25 bits per heavy atom. The van der Waals surface area contributed by atoms with Gasteiger partial charge >= 0.3 is 5.97 Å². The van der Waals surface area contributed by atoms with Crippen molar-refractivity contribution in [2.45, 2.75) is 33.7 Å². The molecule has 1 N–H and O–H groups in total. The average Bonchev–Trinajstić information content (AvgIpc) is 2.68. The zero-order chi connectivity index (χ0) is 20.3. The number of ether oxygens (including phenoxy) is 1. The lowest BCUT2D eigenvalue weighted by Crippen LogP contribution is -2.29. The van der Waals surface area contributed by atoms with E-state index in [1.54, 1.807) is 6.92 Å². The van der Waals surface area contributed by atoms with E-state index in [9.17, 15) is 14.7 Å². The maximum Gasteiger partial charge on any atom is 0.347 e. The van der Waals surface area contributed by atoms with Gasteiger partial charge in [0.05, 0.1) is 12.0 Å². The van der Waals surface area contributed by atoms with Crippen molar-refractivity contribution >= 4 is 17.0 Å². The molecule has 3 aromatic rings. The van der Waals surface area contributed by atoms with Crippen molar-refractivity contribution in [3.05, 3.63) is 52.4 Å². The fraction of sp³-hybridized carbons (Fsp3) is 0.333. The van der Waals surface area contributed by atoms with Crippen molar-refractivity contribution in [1.82, 2.24) is 14.5 Å². The number of rotatable bonds is 6. The van der Waals surface area contributed by atoms with Crippen molar-refractivity contribution in [3.8, 4) is 17.1 Å². The fourth-order valence-corrected chi connectivity index (χ4v) is 2.92. The summed E-state index contributed by atoms with van der Waals surface area (Å²) in [6, 6.07) is 9.36. The average molecular weight is 381 g/mol. The molecule has 0 saturated carbocycles. The highest BCUT2D eigenvalue weighted by atomic mass is 16.5. The largest absolute Gasteiger partial charge is 0.506 e. The van der Waals surface area contributed by atoms with Crippen molar-refractivity contribution in [1.29, 1.82) is 0 Å². The van der Waals surface area contributed by atoms with Gasteiger partial charge in [0.15, 0.2) is 17.0 Å². The first kappa shape index (κ1) is 19.5. The molecule has 0 aliphatic heterocycles. The van der Waals surface area contributed by atoms with Crippen LogP contribution in [0.5, 0.6) is 5.75 Å². The molecule has 0 radical (unpaired) electrons. The molecule has 7 heteroatoms. The lowest BCUT2D eigenvalue weighted by molar-refractivity contribution is 0.0520. The number of benzene rings is 1. The Morgan fingerprint density at radius 3 is 2.61 bits per heavy atom. The molecule has 0 fully saturated rings. The van der Waals surface area contributed by atoms with Crippen LogP contribution in [0.3, 0.4) is 0 Å². The molecule has 146 valence electrons. The predicted octanol–water partition coefficient (Wildman–Crippen LogP) is 3.39. The molecule has 0 unspecified atom stereocenters. The number of hydrogen-bond acceptors (Lipinski definition) is 6. The number of hydrogen-bond donors (Lipinski definition) is 1. The summed E-state index contributed by atoms with van der Waals surface area (Å²) in [5.41, 5.74) is 0.0993. The number of pyridine rings is 1. The summed E-state index contributed by atoms with van der Waals surface area (Å²) in [4.78, 5) is 34.1. The molecule has 1 aromatic carbocycles. The van der Waals surface area contributed by atoms with Gasteiger partial charge in [0, 0.05) is 18.3 Å². The SMILES string of the molecule is CCOC(=O)c1c(O)c2cnc(-c3ccccc3)nc2n(CCC(C)C)c1=O. The molecule has 0 spiro atoms. The Kier molecular flexibility index (Phi) is 5.73. The number of aryl methyl sites for hydroxylation is 1. The standard InChI is InChI=1S/C21H23N3O4/c1-4-28-21(27)16-17(25)15-12-22-18(14-8-6-5-7-9-14)23-19(15)24(20(16)26)11-10-13(2)3/h5-9,12-13,25H,4,10-11H2,1-3H3. The minimum atomic E-state index is -0.850. The first-order valence-electron chi connectivity index (χ1n) is 9.29. The van der Waals surface area contributed by atoms with Gasteiger partial charge in [-0.1, -0.05) is 44.2 Å². The van der Waals surface area contributed by atoms with Gasteiger partial charge in [-0.2, -0.15) is 0 Å². The Labute approximate surface area is 162 Å². The van der Waals surface area contributed by atoms with Crippen LogP contribution in [0.25, 0.3) is 22.4 Å². The van der Waals surface area contributed by atoms with Gasteiger partial charge in [0.2, 0.25) is 0 Å². The van der Waals surface area contributed by atoms with E-state index >= 15 is 0 Å². The van der Waals surface area contributed by atoms with Crippen LogP contribution in [-0.2, 0) is 11.3 Å². The second kappa shape index (κ2) is 8.21. The Hall–Kier alpha value is -3.22. The van der Waals surface area contributed by atoms with Crippen molar-refractivity contribution < 1.29 is 14.6 Å². The van der Waals surface area contributed by atoms with E-state index in [-0.39, 0.29) is 17.6 Å². The van der Waals surface area contributed by atoms with E-state index in [4.69, 9.17) is 4.74 Å². The van der Waals surface area contributed by atoms with Crippen molar-refractivity contribution in [3.63, 3.8) is 0 Å². The maximum atomic E-state index is 13.0. The van der Waals surface area contributed by atoms with Gasteiger partial charge in [-0.25, -0.2) is 14.8 Å². The zero-order valence-corrected chi connectivity index (χ0v) is 16.2. The van der Waals surface area contributed by atoms with Crippen LogP contribution in [0.15, 0.2) is 41.3 Å². The van der Waals surface area contributed by atoms with Crippen LogP contribution in [0.1, 0.15) is 37.6 Å². The third-order valence-corrected chi connectivity index (χ3v) is 4.42. The molecule has 2 heterocycles. The number of aromatic hydroxyl groups is 1. The van der Waals surface area contributed by atoms with E-state index in [1.807, 2.05) is 44.2 Å². The van der Waals surface area contributed by atoms with Crippen LogP contribution in [-0.4, -0.2) is 32.2 Å². The van der Waals surface area contributed by atoms with Gasteiger partial charge < -0.3 is 9.84 Å². The lowest BCUT2D eigenvalue weighted by atomic mass is 10.1. The highest BCUT2D eigenvalue weighted by Crippen LogP contribution is 2.27. The predicted molar refractivity (Wildman–Crippen MR) is 106 cm³/mol. The lowest BCUT2D eigenvalue weighted by Gasteiger charge is -2.15. The van der Waals surface area contributed by atoms with Crippen LogP contribution in [0, 0.1) is 5.92 Å².